The van der Waals surface area contributed by atoms with Crippen LogP contribution in [0, 0.1) is 34.6 Å². The van der Waals surface area contributed by atoms with E-state index in [1.165, 1.54) is 39.3 Å². The van der Waals surface area contributed by atoms with Crippen LogP contribution in [0.1, 0.15) is 47.4 Å². The number of fused-ring (bicyclic) bond motifs is 1. The molecule has 2 N–H and O–H groups in total. The maximum Gasteiger partial charge on any atom is 0.263 e. The monoisotopic (exact) mass is 557 g/mol. The number of carbonyl (C=O) groups is 1. The van der Waals surface area contributed by atoms with Gasteiger partial charge >= 0.3 is 0 Å². The van der Waals surface area contributed by atoms with E-state index in [0.717, 1.165) is 39.0 Å². The average molecular weight is 558 g/mol. The van der Waals surface area contributed by atoms with Gasteiger partial charge in [0.05, 0.1) is 10.4 Å². The van der Waals surface area contributed by atoms with Gasteiger partial charge in [-0.3, -0.25) is 15.0 Å². The first-order valence-electron chi connectivity index (χ1n) is 12.5. The summed E-state index contributed by atoms with van der Waals surface area (Å²) < 4.78 is 33.9. The van der Waals surface area contributed by atoms with E-state index in [0.29, 0.717) is 5.75 Å². The molecule has 204 valence electrons. The van der Waals surface area contributed by atoms with Crippen molar-refractivity contribution in [1.29, 1.82) is 0 Å². The minimum atomic E-state index is -3.98. The highest BCUT2D eigenvalue weighted by molar-refractivity contribution is 8.01. The molecule has 1 aliphatic heterocycles. The fourth-order valence-corrected chi connectivity index (χ4v) is 8.07. The van der Waals surface area contributed by atoms with Crippen molar-refractivity contribution in [2.24, 2.45) is 0 Å². The smallest absolute Gasteiger partial charge is 0.263 e. The summed E-state index contributed by atoms with van der Waals surface area (Å²) in [5.41, 5.74) is 8.77. The lowest BCUT2D eigenvalue weighted by atomic mass is 9.98. The number of nitrogens with one attached hydrogen (secondary N) is 1. The molecular weight excluding hydrogens is 522 g/mol. The molecule has 3 aromatic rings. The maximum absolute atomic E-state index is 13.5. The molecule has 0 spiro atoms. The highest BCUT2D eigenvalue weighted by Gasteiger charge is 2.48. The second-order valence-corrected chi connectivity index (χ2v) is 14.0. The Hall–Kier alpha value is -2.66. The number of pyridine rings is 1. The van der Waals surface area contributed by atoms with Crippen LogP contribution in [0.2, 0.25) is 0 Å². The normalized spacial score (nSPS) is 17.9. The third kappa shape index (κ3) is 5.02. The summed E-state index contributed by atoms with van der Waals surface area (Å²) in [7, 11) is -3.98. The second-order valence-electron chi connectivity index (χ2n) is 10.4. The Labute approximate surface area is 228 Å². The summed E-state index contributed by atoms with van der Waals surface area (Å²) >= 11 is 1.50. The quantitative estimate of drug-likeness (QED) is 0.333. The largest absolute Gasteiger partial charge is 0.488 e. The fourth-order valence-electron chi connectivity index (χ4n) is 4.96. The van der Waals surface area contributed by atoms with Crippen LogP contribution in [0.3, 0.4) is 0 Å². The van der Waals surface area contributed by atoms with Crippen LogP contribution in [0.4, 0.5) is 0 Å². The second kappa shape index (κ2) is 10.5. The Morgan fingerprint density at radius 3 is 2.42 bits per heavy atom. The topological polar surface area (TPSA) is 109 Å². The number of hydroxylamine groups is 1. The minimum Gasteiger partial charge on any atom is -0.488 e. The van der Waals surface area contributed by atoms with Gasteiger partial charge in [0.1, 0.15) is 18.4 Å². The first kappa shape index (κ1) is 28.4. The number of sulfonamides is 1. The Morgan fingerprint density at radius 1 is 1.13 bits per heavy atom. The molecule has 0 saturated carbocycles. The van der Waals surface area contributed by atoms with Gasteiger partial charge in [0.25, 0.3) is 5.91 Å². The van der Waals surface area contributed by atoms with Crippen molar-refractivity contribution < 1.29 is 23.2 Å². The highest BCUT2D eigenvalue weighted by Crippen LogP contribution is 2.39. The number of hydrogen-bond donors (Lipinski definition) is 2. The van der Waals surface area contributed by atoms with E-state index in [4.69, 9.17) is 9.72 Å². The van der Waals surface area contributed by atoms with Gasteiger partial charge in [-0.05, 0) is 88.9 Å². The van der Waals surface area contributed by atoms with Gasteiger partial charge < -0.3 is 4.74 Å². The summed E-state index contributed by atoms with van der Waals surface area (Å²) in [6.45, 7) is 14.3. The van der Waals surface area contributed by atoms with Crippen molar-refractivity contribution in [3.8, 4) is 5.75 Å². The Kier molecular flexibility index (Phi) is 7.82. The standard InChI is InChI=1S/C28H35N3O5S2/c1-16-14-23-24(18(3)17(16)2)29-20(5)19(4)25(23)36-15-21-8-10-22(11-9-21)38(34,35)31-12-13-37-28(6,7)26(31)27(32)30-33/h8-11,14,26,33H,12-13,15H2,1-7H3,(H,30,32)/t26-/m0/s1. The molecule has 1 amide bonds. The average Bonchev–Trinajstić information content (AvgIpc) is 2.87. The van der Waals surface area contributed by atoms with Gasteiger partial charge in [-0.15, -0.1) is 0 Å². The van der Waals surface area contributed by atoms with E-state index in [2.05, 4.69) is 26.8 Å². The molecule has 2 heterocycles. The van der Waals surface area contributed by atoms with Crippen molar-refractivity contribution in [2.45, 2.75) is 70.8 Å². The first-order valence-corrected chi connectivity index (χ1v) is 14.9. The Bertz CT molecular complexity index is 1500. The van der Waals surface area contributed by atoms with Crippen LogP contribution in [0.15, 0.2) is 35.2 Å². The van der Waals surface area contributed by atoms with Gasteiger partial charge in [0.15, 0.2) is 0 Å². The zero-order chi connectivity index (χ0) is 28.0. The van der Waals surface area contributed by atoms with Crippen LogP contribution in [0.25, 0.3) is 10.9 Å². The van der Waals surface area contributed by atoms with E-state index >= 15 is 0 Å². The van der Waals surface area contributed by atoms with Crippen molar-refractivity contribution >= 4 is 38.6 Å². The van der Waals surface area contributed by atoms with E-state index in [1.54, 1.807) is 31.5 Å². The summed E-state index contributed by atoms with van der Waals surface area (Å²) in [5.74, 6) is 0.581. The molecule has 1 atom stereocenters. The molecule has 4 rings (SSSR count). The molecule has 0 radical (unpaired) electrons. The van der Waals surface area contributed by atoms with Crippen molar-refractivity contribution in [2.75, 3.05) is 12.3 Å². The van der Waals surface area contributed by atoms with E-state index in [9.17, 15) is 18.4 Å². The first-order chi connectivity index (χ1) is 17.8. The fraction of sp³-hybridized carbons (Fsp3) is 0.429. The number of aromatic nitrogens is 1. The van der Waals surface area contributed by atoms with Gasteiger partial charge in [-0.1, -0.05) is 12.1 Å². The molecule has 0 bridgehead atoms. The molecule has 0 unspecified atom stereocenters. The predicted molar refractivity (Wildman–Crippen MR) is 150 cm³/mol. The van der Waals surface area contributed by atoms with Crippen LogP contribution in [-0.2, 0) is 21.4 Å². The van der Waals surface area contributed by atoms with Crippen molar-refractivity contribution in [3.63, 3.8) is 0 Å². The number of aryl methyl sites for hydroxylation is 3. The molecule has 2 aromatic carbocycles. The van der Waals surface area contributed by atoms with Crippen LogP contribution >= 0.6 is 11.8 Å². The Morgan fingerprint density at radius 2 is 1.79 bits per heavy atom. The SMILES string of the molecule is Cc1cc2c(OCc3ccc(S(=O)(=O)N4CCSC(C)(C)[C@@H]4C(=O)NO)cc3)c(C)c(C)nc2c(C)c1C. The molecule has 38 heavy (non-hydrogen) atoms. The van der Waals surface area contributed by atoms with Crippen LogP contribution in [-0.4, -0.2) is 51.9 Å². The van der Waals surface area contributed by atoms with E-state index < -0.39 is 26.7 Å². The molecule has 1 aliphatic rings. The molecular formula is C28H35N3O5S2. The lowest BCUT2D eigenvalue weighted by Crippen LogP contribution is -2.61. The van der Waals surface area contributed by atoms with Gasteiger partial charge in [-0.2, -0.15) is 16.1 Å². The van der Waals surface area contributed by atoms with E-state index in [-0.39, 0.29) is 18.0 Å². The Balaban J connectivity index is 1.61. The number of amides is 1. The molecule has 1 aromatic heterocycles. The number of rotatable bonds is 6. The van der Waals surface area contributed by atoms with Crippen molar-refractivity contribution in [3.05, 3.63) is 63.8 Å². The zero-order valence-corrected chi connectivity index (χ0v) is 24.5. The zero-order valence-electron chi connectivity index (χ0n) is 22.9. The number of hydrogen-bond acceptors (Lipinski definition) is 7. The lowest BCUT2D eigenvalue weighted by Gasteiger charge is -2.43. The number of ether oxygens (including phenoxy) is 1. The van der Waals surface area contributed by atoms with Gasteiger partial charge in [0.2, 0.25) is 10.0 Å². The van der Waals surface area contributed by atoms with Crippen LogP contribution < -0.4 is 10.2 Å². The summed E-state index contributed by atoms with van der Waals surface area (Å²) in [5, 5.41) is 10.2. The summed E-state index contributed by atoms with van der Waals surface area (Å²) in [6.07, 6.45) is 0. The number of nitrogens with zero attached hydrogens (tertiary/aromatic N) is 2. The third-order valence-electron chi connectivity index (χ3n) is 7.54. The minimum absolute atomic E-state index is 0.0859. The van der Waals surface area contributed by atoms with Crippen molar-refractivity contribution in [1.82, 2.24) is 14.8 Å². The molecule has 1 saturated heterocycles. The van der Waals surface area contributed by atoms with Crippen LogP contribution in [0.5, 0.6) is 5.75 Å². The predicted octanol–water partition coefficient (Wildman–Crippen LogP) is 4.75. The third-order valence-corrected chi connectivity index (χ3v) is 10.8. The van der Waals surface area contributed by atoms with Gasteiger partial charge in [0, 0.05) is 33.7 Å². The molecule has 1 fully saturated rings. The maximum atomic E-state index is 13.5. The highest BCUT2D eigenvalue weighted by atomic mass is 32.2. The van der Waals surface area contributed by atoms with E-state index in [1.807, 2.05) is 13.8 Å². The number of thioether (sulfide) groups is 1. The summed E-state index contributed by atoms with van der Waals surface area (Å²) in [6, 6.07) is 7.60. The molecule has 8 nitrogen and oxygen atoms in total. The number of carbonyl (C=O) groups excluding carboxylic acids is 1. The number of benzene rings is 2. The molecule has 0 aliphatic carbocycles. The lowest BCUT2D eigenvalue weighted by molar-refractivity contribution is -0.134. The molecule has 10 heteroatoms. The summed E-state index contributed by atoms with van der Waals surface area (Å²) in [4.78, 5) is 17.3. The van der Waals surface area contributed by atoms with Gasteiger partial charge in [-0.25, -0.2) is 13.9 Å².